The fourth-order valence-electron chi connectivity index (χ4n) is 7.58. The van der Waals surface area contributed by atoms with Crippen LogP contribution in [0, 0.1) is 11.8 Å². The van der Waals surface area contributed by atoms with Crippen molar-refractivity contribution in [1.29, 1.82) is 0 Å². The molecule has 0 aromatic heterocycles. The van der Waals surface area contributed by atoms with Gasteiger partial charge < -0.3 is 19.5 Å². The molecule has 1 aromatic rings. The van der Waals surface area contributed by atoms with Gasteiger partial charge in [-0.05, 0) is 63.7 Å². The highest BCUT2D eigenvalue weighted by Gasteiger charge is 2.80. The Labute approximate surface area is 206 Å². The molecule has 1 saturated carbocycles. The lowest BCUT2D eigenvalue weighted by Crippen LogP contribution is -2.65. The third-order valence-corrected chi connectivity index (χ3v) is 8.57. The zero-order valence-electron chi connectivity index (χ0n) is 21.2. The summed E-state index contributed by atoms with van der Waals surface area (Å²) in [6, 6.07) is 7.44. The number of piperidine rings is 1. The van der Waals surface area contributed by atoms with E-state index in [-0.39, 0.29) is 12.0 Å². The average Bonchev–Trinajstić information content (AvgIpc) is 3.29. The van der Waals surface area contributed by atoms with E-state index < -0.39 is 46.4 Å². The monoisotopic (exact) mass is 482 g/mol. The van der Waals surface area contributed by atoms with Gasteiger partial charge in [0.2, 0.25) is 0 Å². The number of rotatable bonds is 4. The molecule has 188 valence electrons. The Kier molecular flexibility index (Phi) is 5.33. The molecule has 0 amide bonds. The van der Waals surface area contributed by atoms with Crippen LogP contribution in [-0.4, -0.2) is 66.8 Å². The molecule has 8 nitrogen and oxygen atoms in total. The van der Waals surface area contributed by atoms with Crippen molar-refractivity contribution < 1.29 is 28.6 Å². The lowest BCUT2D eigenvalue weighted by Gasteiger charge is -2.50. The number of allylic oxidation sites excluding steroid dienone is 1. The Hall–Kier alpha value is -2.87. The number of nitrogens with zero attached hydrogens (tertiary/aromatic N) is 1. The molecule has 1 N–H and O–H groups in total. The standard InChI is InChI=1S/C27H34N2O6/c1-7-15-14-29-19(22(30)35-25(2,3)4)13-26-16-10-8-9-11-18(16)28-27(15,26)20(29)12-17(26)21(23(31)33-5)24(32)34-6/h7-11,17,19-21,28H,12-14H2,1-6H3/b15-7-/t17?,19-,20+,26+,27-/m0/s1. The molecule has 5 rings (SSSR count). The van der Waals surface area contributed by atoms with Crippen molar-refractivity contribution in [3.05, 3.63) is 41.5 Å². The Morgan fingerprint density at radius 3 is 2.40 bits per heavy atom. The largest absolute Gasteiger partial charge is 0.468 e. The molecular weight excluding hydrogens is 448 g/mol. The summed E-state index contributed by atoms with van der Waals surface area (Å²) in [4.78, 5) is 42.0. The average molecular weight is 483 g/mol. The van der Waals surface area contributed by atoms with Crippen LogP contribution in [0.3, 0.4) is 0 Å². The van der Waals surface area contributed by atoms with Crippen molar-refractivity contribution >= 4 is 23.6 Å². The zero-order valence-corrected chi connectivity index (χ0v) is 21.2. The Morgan fingerprint density at radius 1 is 1.14 bits per heavy atom. The predicted octanol–water partition coefficient (Wildman–Crippen LogP) is 2.82. The topological polar surface area (TPSA) is 94.2 Å². The van der Waals surface area contributed by atoms with Gasteiger partial charge in [-0.25, -0.2) is 0 Å². The SMILES string of the molecule is C/C=C1/CN2[C@H](C(=O)OC(C)(C)C)C[C@]34c5ccccc5N[C@]13[C@H]2CC4C(C(=O)OC)C(=O)OC. The maximum atomic E-state index is 13.6. The number of carbonyl (C=O) groups excluding carboxylic acids is 3. The summed E-state index contributed by atoms with van der Waals surface area (Å²) < 4.78 is 16.1. The third kappa shape index (κ3) is 2.98. The number of ether oxygens (including phenoxy) is 3. The summed E-state index contributed by atoms with van der Waals surface area (Å²) in [6.45, 7) is 8.24. The van der Waals surface area contributed by atoms with Crippen LogP contribution in [0.25, 0.3) is 0 Å². The lowest BCUT2D eigenvalue weighted by atomic mass is 9.57. The van der Waals surface area contributed by atoms with E-state index in [2.05, 4.69) is 22.4 Å². The molecule has 2 unspecified atom stereocenters. The normalized spacial score (nSPS) is 35.3. The van der Waals surface area contributed by atoms with Crippen LogP contribution in [0.1, 0.15) is 46.1 Å². The number of para-hydroxylation sites is 1. The number of hydrogen-bond acceptors (Lipinski definition) is 8. The van der Waals surface area contributed by atoms with E-state index in [4.69, 9.17) is 14.2 Å². The number of esters is 3. The Morgan fingerprint density at radius 2 is 1.80 bits per heavy atom. The maximum absolute atomic E-state index is 13.6. The van der Waals surface area contributed by atoms with Crippen LogP contribution in [0.4, 0.5) is 5.69 Å². The first-order chi connectivity index (χ1) is 16.6. The first kappa shape index (κ1) is 23.9. The van der Waals surface area contributed by atoms with Crippen LogP contribution >= 0.6 is 0 Å². The predicted molar refractivity (Wildman–Crippen MR) is 129 cm³/mol. The second-order valence-electron chi connectivity index (χ2n) is 11.1. The molecule has 3 fully saturated rings. The van der Waals surface area contributed by atoms with Gasteiger partial charge in [-0.1, -0.05) is 24.3 Å². The molecule has 1 spiro atoms. The Balaban J connectivity index is 1.75. The first-order valence-corrected chi connectivity index (χ1v) is 12.2. The molecule has 6 atom stereocenters. The summed E-state index contributed by atoms with van der Waals surface area (Å²) in [6.07, 6.45) is 3.09. The van der Waals surface area contributed by atoms with Gasteiger partial charge in [0.25, 0.3) is 0 Å². The van der Waals surface area contributed by atoms with Crippen molar-refractivity contribution in [3.63, 3.8) is 0 Å². The molecule has 4 aliphatic rings. The van der Waals surface area contributed by atoms with Crippen LogP contribution in [-0.2, 0) is 34.0 Å². The Bertz CT molecular complexity index is 1110. The number of carbonyl (C=O) groups is 3. The second-order valence-corrected chi connectivity index (χ2v) is 11.1. The van der Waals surface area contributed by atoms with Crippen molar-refractivity contribution in [2.24, 2.45) is 11.8 Å². The van der Waals surface area contributed by atoms with Crippen molar-refractivity contribution in [1.82, 2.24) is 4.90 Å². The van der Waals surface area contributed by atoms with Crippen molar-refractivity contribution in [2.45, 2.75) is 69.2 Å². The minimum atomic E-state index is -1.10. The second kappa shape index (κ2) is 7.82. The highest BCUT2D eigenvalue weighted by Crippen LogP contribution is 2.71. The third-order valence-electron chi connectivity index (χ3n) is 8.57. The summed E-state index contributed by atoms with van der Waals surface area (Å²) in [5.74, 6) is -3.01. The van der Waals surface area contributed by atoms with E-state index in [1.54, 1.807) is 0 Å². The number of nitrogens with one attached hydrogen (secondary N) is 1. The highest BCUT2D eigenvalue weighted by atomic mass is 16.6. The van der Waals surface area contributed by atoms with Crippen LogP contribution in [0.5, 0.6) is 0 Å². The van der Waals surface area contributed by atoms with Crippen LogP contribution < -0.4 is 5.32 Å². The van der Waals surface area contributed by atoms with Gasteiger partial charge >= 0.3 is 17.9 Å². The minimum Gasteiger partial charge on any atom is -0.468 e. The minimum absolute atomic E-state index is 0.103. The lowest BCUT2D eigenvalue weighted by molar-refractivity contribution is -0.164. The number of fused-ring (bicyclic) bond motifs is 1. The van der Waals surface area contributed by atoms with E-state index in [0.29, 0.717) is 19.4 Å². The van der Waals surface area contributed by atoms with Gasteiger partial charge in [0.15, 0.2) is 5.92 Å². The summed E-state index contributed by atoms with van der Waals surface area (Å²) in [7, 11) is 2.59. The fraction of sp³-hybridized carbons (Fsp3) is 0.593. The van der Waals surface area contributed by atoms with Gasteiger partial charge in [-0.2, -0.15) is 0 Å². The fourth-order valence-corrected chi connectivity index (χ4v) is 7.58. The van der Waals surface area contributed by atoms with E-state index in [9.17, 15) is 14.4 Å². The molecule has 4 bridgehead atoms. The zero-order chi connectivity index (χ0) is 25.3. The number of anilines is 1. The number of methoxy groups -OCH3 is 2. The van der Waals surface area contributed by atoms with Crippen LogP contribution in [0.2, 0.25) is 0 Å². The number of benzene rings is 1. The molecule has 8 heteroatoms. The quantitative estimate of drug-likeness (QED) is 0.303. The molecular formula is C27H34N2O6. The van der Waals surface area contributed by atoms with Crippen molar-refractivity contribution in [3.8, 4) is 0 Å². The molecule has 1 aromatic carbocycles. The van der Waals surface area contributed by atoms with E-state index >= 15 is 0 Å². The van der Waals surface area contributed by atoms with Gasteiger partial charge in [0.1, 0.15) is 11.6 Å². The van der Waals surface area contributed by atoms with E-state index in [0.717, 1.165) is 11.3 Å². The first-order valence-electron chi connectivity index (χ1n) is 12.2. The van der Waals surface area contributed by atoms with E-state index in [1.807, 2.05) is 45.9 Å². The molecule has 35 heavy (non-hydrogen) atoms. The van der Waals surface area contributed by atoms with Crippen molar-refractivity contribution in [2.75, 3.05) is 26.1 Å². The van der Waals surface area contributed by atoms with Gasteiger partial charge in [0.05, 0.1) is 19.8 Å². The molecule has 2 saturated heterocycles. The van der Waals surface area contributed by atoms with Gasteiger partial charge in [-0.3, -0.25) is 19.3 Å². The van der Waals surface area contributed by atoms with Crippen LogP contribution in [0.15, 0.2) is 35.9 Å². The molecule has 1 aliphatic carbocycles. The molecule has 3 heterocycles. The molecule has 3 aliphatic heterocycles. The summed E-state index contributed by atoms with van der Waals surface area (Å²) in [5, 5.41) is 3.84. The molecule has 0 radical (unpaired) electrons. The number of hydrogen-bond donors (Lipinski definition) is 1. The van der Waals surface area contributed by atoms with E-state index in [1.165, 1.54) is 19.8 Å². The highest BCUT2D eigenvalue weighted by molar-refractivity contribution is 5.96. The van der Waals surface area contributed by atoms with Gasteiger partial charge in [0, 0.05) is 23.7 Å². The smallest absolute Gasteiger partial charge is 0.323 e. The van der Waals surface area contributed by atoms with Gasteiger partial charge in [-0.15, -0.1) is 0 Å². The maximum Gasteiger partial charge on any atom is 0.323 e. The summed E-state index contributed by atoms with van der Waals surface area (Å²) in [5.41, 5.74) is 1.31. The summed E-state index contributed by atoms with van der Waals surface area (Å²) >= 11 is 0.